The number of ketones is 1. The summed E-state index contributed by atoms with van der Waals surface area (Å²) in [5.41, 5.74) is 3.30. The molecular formula is C31H29N3O4. The van der Waals surface area contributed by atoms with Crippen LogP contribution in [-0.2, 0) is 22.7 Å². The number of likely N-dealkylation sites (tertiary alicyclic amines) is 1. The molecule has 1 saturated heterocycles. The molecule has 1 aliphatic heterocycles. The number of amides is 1. The Kier molecular flexibility index (Phi) is 7.35. The molecule has 1 aliphatic rings. The van der Waals surface area contributed by atoms with Gasteiger partial charge in [-0.05, 0) is 41.3 Å². The van der Waals surface area contributed by atoms with Crippen LogP contribution in [0.4, 0.5) is 0 Å². The van der Waals surface area contributed by atoms with Crippen LogP contribution in [0.25, 0.3) is 5.76 Å². The predicted molar refractivity (Wildman–Crippen MR) is 140 cm³/mol. The molecule has 192 valence electrons. The molecule has 1 aromatic heterocycles. The van der Waals surface area contributed by atoms with Crippen molar-refractivity contribution in [3.63, 3.8) is 0 Å². The molecule has 1 amide bonds. The molecule has 7 nitrogen and oxygen atoms in total. The zero-order valence-electron chi connectivity index (χ0n) is 21.2. The van der Waals surface area contributed by atoms with E-state index in [1.807, 2.05) is 84.8 Å². The lowest BCUT2D eigenvalue weighted by Gasteiger charge is -2.27. The van der Waals surface area contributed by atoms with Gasteiger partial charge in [-0.25, -0.2) is 4.57 Å². The number of aryl methyl sites for hydroxylation is 2. The number of carbonyl (C=O) groups is 2. The first-order valence-corrected chi connectivity index (χ1v) is 12.6. The number of imidazole rings is 1. The van der Waals surface area contributed by atoms with Crippen LogP contribution in [0.5, 0.6) is 5.75 Å². The molecule has 1 atom stereocenters. The van der Waals surface area contributed by atoms with E-state index in [0.29, 0.717) is 37.4 Å². The molecule has 0 bridgehead atoms. The minimum absolute atomic E-state index is 0.0101. The van der Waals surface area contributed by atoms with Crippen LogP contribution in [0.2, 0.25) is 0 Å². The van der Waals surface area contributed by atoms with E-state index in [4.69, 9.17) is 4.74 Å². The number of hydrogen-bond acceptors (Lipinski definition) is 4. The second-order valence-electron chi connectivity index (χ2n) is 9.33. The normalized spacial score (nSPS) is 16.7. The number of Topliss-reactive ketones (excluding diaryl/α,β-unsaturated/α-hetero) is 1. The molecule has 2 heterocycles. The molecule has 0 spiro atoms. The summed E-state index contributed by atoms with van der Waals surface area (Å²) < 4.78 is 7.87. The second kappa shape index (κ2) is 11.2. The van der Waals surface area contributed by atoms with Gasteiger partial charge in [0, 0.05) is 18.5 Å². The number of hydrogen-bond donors (Lipinski definition) is 1. The van der Waals surface area contributed by atoms with E-state index in [2.05, 4.69) is 4.98 Å². The highest BCUT2D eigenvalue weighted by Gasteiger charge is 2.43. The first-order chi connectivity index (χ1) is 18.5. The molecule has 1 N–H and O–H groups in total. The van der Waals surface area contributed by atoms with Gasteiger partial charge in [0.05, 0.1) is 12.6 Å². The van der Waals surface area contributed by atoms with Crippen LogP contribution in [-0.4, -0.2) is 28.1 Å². The SMILES string of the molecule is Cc1ccccc1COc1ccc(C([O-])=C2C(=O)C(=O)N(CCC[n+]3cc[nH]c3)C2c2ccccc2)cc1. The van der Waals surface area contributed by atoms with Crippen molar-refractivity contribution in [1.29, 1.82) is 0 Å². The van der Waals surface area contributed by atoms with Crippen molar-refractivity contribution in [2.24, 2.45) is 0 Å². The van der Waals surface area contributed by atoms with E-state index < -0.39 is 23.5 Å². The summed E-state index contributed by atoms with van der Waals surface area (Å²) in [7, 11) is 0. The van der Waals surface area contributed by atoms with Crippen LogP contribution in [0.1, 0.15) is 34.7 Å². The van der Waals surface area contributed by atoms with Gasteiger partial charge in [0.15, 0.2) is 0 Å². The third kappa shape index (κ3) is 5.22. The van der Waals surface area contributed by atoms with Gasteiger partial charge in [-0.2, -0.15) is 0 Å². The maximum atomic E-state index is 13.6. The van der Waals surface area contributed by atoms with Gasteiger partial charge in [0.1, 0.15) is 24.8 Å². The lowest BCUT2D eigenvalue weighted by Crippen LogP contribution is -2.36. The monoisotopic (exact) mass is 507 g/mol. The lowest BCUT2D eigenvalue weighted by atomic mass is 9.95. The number of nitrogens with one attached hydrogen (secondary N) is 1. The molecular weight excluding hydrogens is 478 g/mol. The highest BCUT2D eigenvalue weighted by Crippen LogP contribution is 2.38. The summed E-state index contributed by atoms with van der Waals surface area (Å²) in [5, 5.41) is 13.6. The van der Waals surface area contributed by atoms with E-state index in [1.54, 1.807) is 24.3 Å². The Morgan fingerprint density at radius 3 is 2.45 bits per heavy atom. The van der Waals surface area contributed by atoms with Crippen molar-refractivity contribution < 1.29 is 24.0 Å². The zero-order chi connectivity index (χ0) is 26.5. The van der Waals surface area contributed by atoms with Gasteiger partial charge < -0.3 is 14.7 Å². The van der Waals surface area contributed by atoms with Crippen molar-refractivity contribution in [2.75, 3.05) is 6.54 Å². The summed E-state index contributed by atoms with van der Waals surface area (Å²) in [4.78, 5) is 30.8. The number of nitrogens with zero attached hydrogens (tertiary/aromatic N) is 2. The number of aromatic nitrogens is 2. The summed E-state index contributed by atoms with van der Waals surface area (Å²) in [6.07, 6.45) is 6.20. The van der Waals surface area contributed by atoms with Crippen molar-refractivity contribution in [2.45, 2.75) is 32.5 Å². The number of H-pyrrole nitrogens is 1. The van der Waals surface area contributed by atoms with Gasteiger partial charge >= 0.3 is 0 Å². The average Bonchev–Trinajstić information content (AvgIpc) is 3.55. The van der Waals surface area contributed by atoms with Crippen molar-refractivity contribution >= 4 is 17.4 Å². The molecule has 0 aliphatic carbocycles. The van der Waals surface area contributed by atoms with Crippen LogP contribution in [0.15, 0.2) is 103 Å². The Morgan fingerprint density at radius 2 is 1.74 bits per heavy atom. The Bertz CT molecular complexity index is 1440. The third-order valence-corrected chi connectivity index (χ3v) is 6.83. The van der Waals surface area contributed by atoms with E-state index in [0.717, 1.165) is 16.7 Å². The van der Waals surface area contributed by atoms with Crippen molar-refractivity contribution in [3.05, 3.63) is 125 Å². The quantitative estimate of drug-likeness (QED) is 0.163. The van der Waals surface area contributed by atoms with E-state index in [1.165, 1.54) is 4.90 Å². The standard InChI is InChI=1S/C31H29N3O4/c1-22-8-5-6-11-25(22)20-38-26-14-12-24(13-15-26)29(35)27-28(23-9-3-2-4-10-23)34(31(37)30(27)36)18-7-17-33-19-16-32-21-33/h2-6,8-16,19,21,28H,7,17-18,20H2,1H3,(H,35,36). The topological polar surface area (TPSA) is 89.3 Å². The van der Waals surface area contributed by atoms with E-state index >= 15 is 0 Å². The van der Waals surface area contributed by atoms with Gasteiger partial charge in [-0.15, -0.1) is 0 Å². The van der Waals surface area contributed by atoms with Crippen LogP contribution < -0.4 is 14.4 Å². The third-order valence-electron chi connectivity index (χ3n) is 6.83. The molecule has 3 aromatic carbocycles. The molecule has 7 heteroatoms. The zero-order valence-corrected chi connectivity index (χ0v) is 21.2. The maximum Gasteiger partial charge on any atom is 0.295 e. The highest BCUT2D eigenvalue weighted by atomic mass is 16.5. The predicted octanol–water partition coefficient (Wildman–Crippen LogP) is 3.50. The number of aromatic amines is 1. The molecule has 5 rings (SSSR count). The van der Waals surface area contributed by atoms with Gasteiger partial charge in [-0.3, -0.25) is 14.6 Å². The summed E-state index contributed by atoms with van der Waals surface area (Å²) >= 11 is 0. The molecule has 1 fully saturated rings. The Morgan fingerprint density at radius 1 is 1.00 bits per heavy atom. The highest BCUT2D eigenvalue weighted by molar-refractivity contribution is 6.46. The van der Waals surface area contributed by atoms with Crippen LogP contribution >= 0.6 is 0 Å². The number of benzene rings is 3. The fraction of sp³-hybridized carbons (Fsp3) is 0.194. The molecule has 38 heavy (non-hydrogen) atoms. The van der Waals surface area contributed by atoms with Gasteiger partial charge in [0.2, 0.25) is 12.1 Å². The Hall–Kier alpha value is -4.65. The van der Waals surface area contributed by atoms with Crippen molar-refractivity contribution in [1.82, 2.24) is 9.88 Å². The van der Waals surface area contributed by atoms with E-state index in [9.17, 15) is 14.7 Å². The van der Waals surface area contributed by atoms with Crippen LogP contribution in [0, 0.1) is 6.92 Å². The second-order valence-corrected chi connectivity index (χ2v) is 9.33. The molecule has 1 unspecified atom stereocenters. The summed E-state index contributed by atoms with van der Waals surface area (Å²) in [6.45, 7) is 3.47. The fourth-order valence-electron chi connectivity index (χ4n) is 4.76. The molecule has 0 saturated carbocycles. The summed E-state index contributed by atoms with van der Waals surface area (Å²) in [6, 6.07) is 23.3. The van der Waals surface area contributed by atoms with Gasteiger partial charge in [0.25, 0.3) is 5.91 Å². The number of carbonyl (C=O) groups excluding carboxylic acids is 2. The minimum Gasteiger partial charge on any atom is -0.872 e. The van der Waals surface area contributed by atoms with Gasteiger partial charge in [-0.1, -0.05) is 72.5 Å². The first-order valence-electron chi connectivity index (χ1n) is 12.6. The Labute approximate surface area is 221 Å². The first kappa shape index (κ1) is 25.0. The molecule has 0 radical (unpaired) electrons. The molecule has 4 aromatic rings. The van der Waals surface area contributed by atoms with Crippen LogP contribution in [0.3, 0.4) is 0 Å². The van der Waals surface area contributed by atoms with Crippen molar-refractivity contribution in [3.8, 4) is 5.75 Å². The summed E-state index contributed by atoms with van der Waals surface area (Å²) in [5.74, 6) is -1.20. The fourth-order valence-corrected chi connectivity index (χ4v) is 4.76. The smallest absolute Gasteiger partial charge is 0.295 e. The average molecular weight is 508 g/mol. The Balaban J connectivity index is 1.40. The maximum absolute atomic E-state index is 13.6. The minimum atomic E-state index is -0.738. The number of rotatable bonds is 9. The van der Waals surface area contributed by atoms with E-state index in [-0.39, 0.29) is 5.57 Å². The number of ether oxygens (including phenoxy) is 1. The lowest BCUT2D eigenvalue weighted by molar-refractivity contribution is -0.695. The largest absolute Gasteiger partial charge is 0.872 e.